The molecule has 2 rings (SSSR count). The zero-order valence-electron chi connectivity index (χ0n) is 9.50. The molecule has 15 heavy (non-hydrogen) atoms. The summed E-state index contributed by atoms with van der Waals surface area (Å²) in [4.78, 5) is 3.42. The quantitative estimate of drug-likeness (QED) is 0.812. The third kappa shape index (κ3) is 2.14. The van der Waals surface area contributed by atoms with E-state index in [1.807, 2.05) is 12.1 Å². The maximum Gasteiger partial charge on any atom is 0.120 e. The molecule has 0 aliphatic rings. The molecule has 0 bridgehead atoms. The number of nitrogens with one attached hydrogen (secondary N) is 1. The van der Waals surface area contributed by atoms with Gasteiger partial charge in [0.2, 0.25) is 0 Å². The lowest BCUT2D eigenvalue weighted by Gasteiger charge is -2.00. The largest absolute Gasteiger partial charge is 0.497 e. The maximum absolute atomic E-state index is 5.19. The smallest absolute Gasteiger partial charge is 0.120 e. The van der Waals surface area contributed by atoms with Crippen LogP contribution in [0.15, 0.2) is 24.3 Å². The number of H-pyrrole nitrogens is 1. The predicted octanol–water partition coefficient (Wildman–Crippen LogP) is 3.38. The Labute approximate surface area is 90.3 Å². The van der Waals surface area contributed by atoms with Crippen LogP contribution in [0.1, 0.15) is 19.5 Å². The van der Waals surface area contributed by atoms with Crippen molar-refractivity contribution >= 4 is 10.9 Å². The van der Waals surface area contributed by atoms with Gasteiger partial charge in [0.1, 0.15) is 5.75 Å². The van der Waals surface area contributed by atoms with Gasteiger partial charge in [0.05, 0.1) is 7.11 Å². The standard InChI is InChI=1S/C13H17NO/c1-9(2)6-11-7-10-4-5-12(15-3)8-13(10)14-11/h4-5,7-9,14H,6H2,1-3H3. The van der Waals surface area contributed by atoms with Crippen molar-refractivity contribution in [3.63, 3.8) is 0 Å². The summed E-state index contributed by atoms with van der Waals surface area (Å²) in [5.74, 6) is 1.58. The van der Waals surface area contributed by atoms with Crippen LogP contribution in [0.3, 0.4) is 0 Å². The number of aromatic nitrogens is 1. The molecule has 2 heteroatoms. The van der Waals surface area contributed by atoms with E-state index >= 15 is 0 Å². The van der Waals surface area contributed by atoms with Gasteiger partial charge in [-0.25, -0.2) is 0 Å². The summed E-state index contributed by atoms with van der Waals surface area (Å²) in [6.07, 6.45) is 1.09. The van der Waals surface area contributed by atoms with Gasteiger partial charge in [0.25, 0.3) is 0 Å². The third-order valence-electron chi connectivity index (χ3n) is 2.51. The van der Waals surface area contributed by atoms with E-state index in [0.29, 0.717) is 5.92 Å². The van der Waals surface area contributed by atoms with E-state index in [2.05, 4.69) is 31.0 Å². The molecule has 0 aliphatic heterocycles. The van der Waals surface area contributed by atoms with Crippen LogP contribution in [0.4, 0.5) is 0 Å². The SMILES string of the molecule is COc1ccc2cc(CC(C)C)[nH]c2c1. The second-order valence-corrected chi connectivity index (χ2v) is 4.35. The Morgan fingerprint density at radius 3 is 2.73 bits per heavy atom. The fraction of sp³-hybridized carbons (Fsp3) is 0.385. The van der Waals surface area contributed by atoms with E-state index in [9.17, 15) is 0 Å². The zero-order valence-corrected chi connectivity index (χ0v) is 9.50. The minimum Gasteiger partial charge on any atom is -0.497 e. The van der Waals surface area contributed by atoms with Gasteiger partial charge in [-0.3, -0.25) is 0 Å². The number of benzene rings is 1. The Kier molecular flexibility index (Phi) is 2.67. The van der Waals surface area contributed by atoms with Crippen LogP contribution in [0.5, 0.6) is 5.75 Å². The molecule has 1 aromatic heterocycles. The minimum absolute atomic E-state index is 0.681. The number of aromatic amines is 1. The molecular weight excluding hydrogens is 186 g/mol. The molecule has 0 spiro atoms. The maximum atomic E-state index is 5.19. The van der Waals surface area contributed by atoms with Gasteiger partial charge in [-0.1, -0.05) is 13.8 Å². The molecular formula is C13H17NO. The van der Waals surface area contributed by atoms with E-state index in [4.69, 9.17) is 4.74 Å². The van der Waals surface area contributed by atoms with Crippen molar-refractivity contribution in [3.05, 3.63) is 30.0 Å². The van der Waals surface area contributed by atoms with Gasteiger partial charge in [-0.05, 0) is 35.9 Å². The average Bonchev–Trinajstić information content (AvgIpc) is 2.57. The first-order chi connectivity index (χ1) is 7.19. The second kappa shape index (κ2) is 3.97. The molecule has 0 radical (unpaired) electrons. The van der Waals surface area contributed by atoms with Gasteiger partial charge in [-0.2, -0.15) is 0 Å². The van der Waals surface area contributed by atoms with Crippen molar-refractivity contribution in [2.75, 3.05) is 7.11 Å². The zero-order chi connectivity index (χ0) is 10.8. The van der Waals surface area contributed by atoms with Crippen molar-refractivity contribution in [2.45, 2.75) is 20.3 Å². The van der Waals surface area contributed by atoms with Crippen molar-refractivity contribution in [2.24, 2.45) is 5.92 Å². The molecule has 1 N–H and O–H groups in total. The molecule has 0 fully saturated rings. The van der Waals surface area contributed by atoms with E-state index in [-0.39, 0.29) is 0 Å². The molecule has 0 amide bonds. The highest BCUT2D eigenvalue weighted by Crippen LogP contribution is 2.22. The van der Waals surface area contributed by atoms with Gasteiger partial charge >= 0.3 is 0 Å². The molecule has 80 valence electrons. The summed E-state index contributed by atoms with van der Waals surface area (Å²) >= 11 is 0. The molecule has 2 nitrogen and oxygen atoms in total. The van der Waals surface area contributed by atoms with Crippen LogP contribution < -0.4 is 4.74 Å². The van der Waals surface area contributed by atoms with Crippen LogP contribution in [0.2, 0.25) is 0 Å². The van der Waals surface area contributed by atoms with Crippen molar-refractivity contribution < 1.29 is 4.74 Å². The summed E-state index contributed by atoms with van der Waals surface area (Å²) < 4.78 is 5.19. The number of methoxy groups -OCH3 is 1. The second-order valence-electron chi connectivity index (χ2n) is 4.35. The Morgan fingerprint density at radius 1 is 1.27 bits per heavy atom. The lowest BCUT2D eigenvalue weighted by molar-refractivity contribution is 0.415. The monoisotopic (exact) mass is 203 g/mol. The summed E-state index contributed by atoms with van der Waals surface area (Å²) in [6, 6.07) is 8.34. The average molecular weight is 203 g/mol. The highest BCUT2D eigenvalue weighted by molar-refractivity contribution is 5.81. The third-order valence-corrected chi connectivity index (χ3v) is 2.51. The normalized spacial score (nSPS) is 11.2. The van der Waals surface area contributed by atoms with E-state index < -0.39 is 0 Å². The predicted molar refractivity (Wildman–Crippen MR) is 63.4 cm³/mol. The van der Waals surface area contributed by atoms with Gasteiger partial charge in [0.15, 0.2) is 0 Å². The van der Waals surface area contributed by atoms with Crippen LogP contribution >= 0.6 is 0 Å². The molecule has 1 heterocycles. The Bertz CT molecular complexity index is 457. The summed E-state index contributed by atoms with van der Waals surface area (Å²) in [7, 11) is 1.69. The number of ether oxygens (including phenoxy) is 1. The lowest BCUT2D eigenvalue weighted by Crippen LogP contribution is -1.93. The highest BCUT2D eigenvalue weighted by Gasteiger charge is 2.03. The summed E-state index contributed by atoms with van der Waals surface area (Å²) in [5.41, 5.74) is 2.46. The van der Waals surface area contributed by atoms with Crippen molar-refractivity contribution in [3.8, 4) is 5.75 Å². The molecule has 0 saturated heterocycles. The molecule has 0 atom stereocenters. The first-order valence-electron chi connectivity index (χ1n) is 5.34. The summed E-state index contributed by atoms with van der Waals surface area (Å²) in [5, 5.41) is 1.26. The topological polar surface area (TPSA) is 25.0 Å². The molecule has 1 aromatic carbocycles. The van der Waals surface area contributed by atoms with Crippen LogP contribution in [-0.4, -0.2) is 12.1 Å². The minimum atomic E-state index is 0.681. The first kappa shape index (κ1) is 10.1. The van der Waals surface area contributed by atoms with Crippen LogP contribution in [0, 0.1) is 5.92 Å². The fourth-order valence-corrected chi connectivity index (χ4v) is 1.84. The summed E-state index contributed by atoms with van der Waals surface area (Å²) in [6.45, 7) is 4.46. The Balaban J connectivity index is 2.37. The number of hydrogen-bond donors (Lipinski definition) is 1. The lowest BCUT2D eigenvalue weighted by atomic mass is 10.1. The number of rotatable bonds is 3. The molecule has 0 unspecified atom stereocenters. The Hall–Kier alpha value is -1.44. The molecule has 0 aliphatic carbocycles. The van der Waals surface area contributed by atoms with Gasteiger partial charge in [-0.15, -0.1) is 0 Å². The molecule has 0 saturated carbocycles. The van der Waals surface area contributed by atoms with E-state index in [0.717, 1.165) is 17.7 Å². The number of fused-ring (bicyclic) bond motifs is 1. The van der Waals surface area contributed by atoms with Gasteiger partial charge in [0, 0.05) is 17.3 Å². The number of hydrogen-bond acceptors (Lipinski definition) is 1. The molecule has 2 aromatic rings. The van der Waals surface area contributed by atoms with E-state index in [1.54, 1.807) is 7.11 Å². The van der Waals surface area contributed by atoms with Crippen molar-refractivity contribution in [1.29, 1.82) is 0 Å². The van der Waals surface area contributed by atoms with Gasteiger partial charge < -0.3 is 9.72 Å². The van der Waals surface area contributed by atoms with Crippen molar-refractivity contribution in [1.82, 2.24) is 4.98 Å². The fourth-order valence-electron chi connectivity index (χ4n) is 1.84. The first-order valence-corrected chi connectivity index (χ1v) is 5.34. The van der Waals surface area contributed by atoms with Crippen LogP contribution in [0.25, 0.3) is 10.9 Å². The highest BCUT2D eigenvalue weighted by atomic mass is 16.5. The van der Waals surface area contributed by atoms with Crippen LogP contribution in [-0.2, 0) is 6.42 Å². The Morgan fingerprint density at radius 2 is 2.07 bits per heavy atom. The van der Waals surface area contributed by atoms with E-state index in [1.165, 1.54) is 11.1 Å².